The van der Waals surface area contributed by atoms with Gasteiger partial charge in [0, 0.05) is 60.7 Å². The minimum absolute atomic E-state index is 0.190. The monoisotopic (exact) mass is 433 g/mol. The van der Waals surface area contributed by atoms with E-state index >= 15 is 0 Å². The topological polar surface area (TPSA) is 94.2 Å². The number of ether oxygens (including phenoxy) is 1. The molecule has 0 amide bonds. The Morgan fingerprint density at radius 2 is 2.03 bits per heavy atom. The Kier molecular flexibility index (Phi) is 6.46. The summed E-state index contributed by atoms with van der Waals surface area (Å²) in [6.45, 7) is 7.76. The smallest absolute Gasteiger partial charge is 0.293 e. The van der Waals surface area contributed by atoms with Crippen LogP contribution in [0.5, 0.6) is 0 Å². The van der Waals surface area contributed by atoms with Gasteiger partial charge in [-0.05, 0) is 56.4 Å². The largest absolute Gasteiger partial charge is 0.402 e. The van der Waals surface area contributed by atoms with E-state index in [-0.39, 0.29) is 11.4 Å². The number of nitrogens with two attached hydrogens (primary N) is 1. The molecule has 4 rings (SSSR count). The molecule has 1 aliphatic carbocycles. The van der Waals surface area contributed by atoms with Crippen LogP contribution in [0.1, 0.15) is 38.3 Å². The standard InChI is InChI=1S/C25H31N5O2/c1-16-21(8-5-9-22(16)26)23-15-30(3)25(31)24(29-23)28-20-7-4-6-19(14-20)27-17(2)18-10-12-32-13-11-18/h4,6-8,14-15,18,27H,2,5,9-13,26H2,1,3H3,(H,28,29). The van der Waals surface area contributed by atoms with E-state index in [0.717, 1.165) is 78.5 Å². The van der Waals surface area contributed by atoms with Gasteiger partial charge < -0.3 is 25.7 Å². The second-order valence-electron chi connectivity index (χ2n) is 8.44. The second-order valence-corrected chi connectivity index (χ2v) is 8.44. The fraction of sp³-hybridized carbons (Fsp3) is 0.360. The van der Waals surface area contributed by atoms with Crippen LogP contribution in [0, 0.1) is 5.92 Å². The first-order valence-electron chi connectivity index (χ1n) is 11.1. The van der Waals surface area contributed by atoms with E-state index in [1.807, 2.05) is 31.2 Å². The number of hydrogen-bond donors (Lipinski definition) is 3. The molecule has 4 N–H and O–H groups in total. The number of hydrogen-bond acceptors (Lipinski definition) is 6. The normalized spacial score (nSPS) is 17.1. The predicted molar refractivity (Wildman–Crippen MR) is 130 cm³/mol. The van der Waals surface area contributed by atoms with Crippen molar-refractivity contribution in [2.24, 2.45) is 18.7 Å². The highest BCUT2D eigenvalue weighted by Gasteiger charge is 2.18. The number of aromatic nitrogens is 2. The Hall–Kier alpha value is -3.32. The summed E-state index contributed by atoms with van der Waals surface area (Å²) < 4.78 is 7.00. The fourth-order valence-electron chi connectivity index (χ4n) is 4.14. The number of nitrogens with one attached hydrogen (secondary N) is 2. The molecular formula is C25H31N5O2. The Bertz CT molecular complexity index is 1140. The van der Waals surface area contributed by atoms with Gasteiger partial charge in [-0.25, -0.2) is 4.98 Å². The van der Waals surface area contributed by atoms with Crippen LogP contribution < -0.4 is 21.9 Å². The SMILES string of the molecule is C=C(Nc1cccc(Nc2nc(C3=CCCC(N)=C3C)cn(C)c2=O)c1)C1CCOCC1. The van der Waals surface area contributed by atoms with Crippen molar-refractivity contribution in [1.29, 1.82) is 0 Å². The van der Waals surface area contributed by atoms with Gasteiger partial charge >= 0.3 is 0 Å². The van der Waals surface area contributed by atoms with E-state index in [0.29, 0.717) is 5.92 Å². The Morgan fingerprint density at radius 3 is 2.81 bits per heavy atom. The lowest BCUT2D eigenvalue weighted by Crippen LogP contribution is -2.22. The molecule has 0 radical (unpaired) electrons. The van der Waals surface area contributed by atoms with Crippen LogP contribution in [0.3, 0.4) is 0 Å². The van der Waals surface area contributed by atoms with Crippen LogP contribution in [-0.2, 0) is 11.8 Å². The first kappa shape index (κ1) is 21.9. The summed E-state index contributed by atoms with van der Waals surface area (Å²) in [5.74, 6) is 0.682. The molecule has 168 valence electrons. The summed E-state index contributed by atoms with van der Waals surface area (Å²) in [6, 6.07) is 7.80. The van der Waals surface area contributed by atoms with Crippen LogP contribution in [0.15, 0.2) is 64.9 Å². The van der Waals surface area contributed by atoms with Crippen molar-refractivity contribution in [2.75, 3.05) is 23.8 Å². The summed E-state index contributed by atoms with van der Waals surface area (Å²) >= 11 is 0. The minimum atomic E-state index is -0.190. The number of rotatable bonds is 6. The van der Waals surface area contributed by atoms with Crippen molar-refractivity contribution in [1.82, 2.24) is 9.55 Å². The van der Waals surface area contributed by atoms with Crippen LogP contribution >= 0.6 is 0 Å². The van der Waals surface area contributed by atoms with E-state index < -0.39 is 0 Å². The van der Waals surface area contributed by atoms with Gasteiger partial charge in [0.25, 0.3) is 5.56 Å². The molecule has 2 aromatic rings. The number of anilines is 3. The quantitative estimate of drug-likeness (QED) is 0.629. The maximum Gasteiger partial charge on any atom is 0.293 e. The van der Waals surface area contributed by atoms with E-state index in [4.69, 9.17) is 10.5 Å². The molecule has 7 heteroatoms. The molecule has 0 spiro atoms. The van der Waals surface area contributed by atoms with Gasteiger partial charge in [-0.15, -0.1) is 0 Å². The Balaban J connectivity index is 1.56. The molecule has 1 aliphatic heterocycles. The van der Waals surface area contributed by atoms with Crippen LogP contribution in [-0.4, -0.2) is 22.8 Å². The van der Waals surface area contributed by atoms with Crippen molar-refractivity contribution in [3.8, 4) is 0 Å². The van der Waals surface area contributed by atoms with Crippen molar-refractivity contribution in [2.45, 2.75) is 32.6 Å². The minimum Gasteiger partial charge on any atom is -0.402 e. The lowest BCUT2D eigenvalue weighted by atomic mass is 9.94. The third-order valence-corrected chi connectivity index (χ3v) is 6.14. The number of allylic oxidation sites excluding steroid dienone is 5. The highest BCUT2D eigenvalue weighted by Crippen LogP contribution is 2.30. The van der Waals surface area contributed by atoms with Crippen LogP contribution in [0.25, 0.3) is 5.57 Å². The molecular weight excluding hydrogens is 402 g/mol. The average molecular weight is 434 g/mol. The third-order valence-electron chi connectivity index (χ3n) is 6.14. The molecule has 7 nitrogen and oxygen atoms in total. The molecule has 0 atom stereocenters. The first-order chi connectivity index (χ1) is 15.4. The van der Waals surface area contributed by atoms with Gasteiger partial charge in [-0.3, -0.25) is 4.79 Å². The highest BCUT2D eigenvalue weighted by atomic mass is 16.5. The highest BCUT2D eigenvalue weighted by molar-refractivity contribution is 5.78. The van der Waals surface area contributed by atoms with E-state index in [9.17, 15) is 4.79 Å². The van der Waals surface area contributed by atoms with Gasteiger partial charge in [-0.2, -0.15) is 0 Å². The van der Waals surface area contributed by atoms with Crippen molar-refractivity contribution in [3.05, 3.63) is 76.1 Å². The summed E-state index contributed by atoms with van der Waals surface area (Å²) in [7, 11) is 1.74. The van der Waals surface area contributed by atoms with E-state index in [1.165, 1.54) is 0 Å². The van der Waals surface area contributed by atoms with Crippen LogP contribution in [0.4, 0.5) is 17.2 Å². The van der Waals surface area contributed by atoms with Gasteiger partial charge in [0.1, 0.15) is 0 Å². The molecule has 1 saturated heterocycles. The molecule has 1 aromatic carbocycles. The predicted octanol–water partition coefficient (Wildman–Crippen LogP) is 4.29. The number of nitrogens with zero attached hydrogens (tertiary/aromatic N) is 2. The lowest BCUT2D eigenvalue weighted by molar-refractivity contribution is 0.0761. The summed E-state index contributed by atoms with van der Waals surface area (Å²) in [5, 5.41) is 6.62. The van der Waals surface area contributed by atoms with Gasteiger partial charge in [0.05, 0.1) is 5.69 Å². The molecule has 2 aliphatic rings. The zero-order valence-corrected chi connectivity index (χ0v) is 18.8. The molecule has 0 saturated carbocycles. The molecule has 0 unspecified atom stereocenters. The zero-order chi connectivity index (χ0) is 22.7. The molecule has 2 heterocycles. The average Bonchev–Trinajstić information content (AvgIpc) is 2.79. The number of aryl methyl sites for hydroxylation is 1. The second kappa shape index (κ2) is 9.44. The molecule has 1 aromatic heterocycles. The van der Waals surface area contributed by atoms with Crippen molar-refractivity contribution in [3.63, 3.8) is 0 Å². The fourth-order valence-corrected chi connectivity index (χ4v) is 4.14. The Morgan fingerprint density at radius 1 is 1.28 bits per heavy atom. The van der Waals surface area contributed by atoms with Gasteiger partial charge in [-0.1, -0.05) is 18.7 Å². The first-order valence-corrected chi connectivity index (χ1v) is 11.1. The Labute approximate surface area is 188 Å². The molecule has 0 bridgehead atoms. The molecule has 1 fully saturated rings. The van der Waals surface area contributed by atoms with Gasteiger partial charge in [0.2, 0.25) is 0 Å². The van der Waals surface area contributed by atoms with Crippen molar-refractivity contribution < 1.29 is 4.74 Å². The lowest BCUT2D eigenvalue weighted by Gasteiger charge is -2.25. The van der Waals surface area contributed by atoms with Crippen molar-refractivity contribution >= 4 is 22.8 Å². The zero-order valence-electron chi connectivity index (χ0n) is 18.8. The third kappa shape index (κ3) is 4.78. The van der Waals surface area contributed by atoms with Crippen LogP contribution in [0.2, 0.25) is 0 Å². The molecule has 32 heavy (non-hydrogen) atoms. The van der Waals surface area contributed by atoms with E-state index in [1.54, 1.807) is 17.8 Å². The summed E-state index contributed by atoms with van der Waals surface area (Å²) in [4.78, 5) is 17.4. The summed E-state index contributed by atoms with van der Waals surface area (Å²) in [6.07, 6.45) is 7.57. The van der Waals surface area contributed by atoms with Gasteiger partial charge in [0.15, 0.2) is 5.82 Å². The number of benzene rings is 1. The van der Waals surface area contributed by atoms with E-state index in [2.05, 4.69) is 28.3 Å². The summed E-state index contributed by atoms with van der Waals surface area (Å²) in [5.41, 5.74) is 12.3. The maximum atomic E-state index is 12.8. The maximum absolute atomic E-state index is 12.8.